The maximum absolute atomic E-state index is 13.8. The lowest BCUT2D eigenvalue weighted by Gasteiger charge is -2.38. The number of hydrogen-bond donors (Lipinski definition) is 1. The first-order chi connectivity index (χ1) is 19.4. The fourth-order valence-corrected chi connectivity index (χ4v) is 6.18. The van der Waals surface area contributed by atoms with Crippen LogP contribution in [0.3, 0.4) is 0 Å². The van der Waals surface area contributed by atoms with Crippen LogP contribution in [0.4, 0.5) is 5.69 Å². The Morgan fingerprint density at radius 3 is 2.30 bits per heavy atom. The molecule has 2 amide bonds. The maximum atomic E-state index is 13.8. The number of nitrogens with zero attached hydrogens (tertiary/aromatic N) is 4. The molecule has 2 aromatic carbocycles. The van der Waals surface area contributed by atoms with E-state index in [-0.39, 0.29) is 11.8 Å². The number of aryl methyl sites for hydroxylation is 1. The first kappa shape index (κ1) is 25.8. The van der Waals surface area contributed by atoms with Crippen LogP contribution in [0, 0.1) is 5.41 Å². The average Bonchev–Trinajstić information content (AvgIpc) is 3.71. The number of aromatic nitrogens is 3. The van der Waals surface area contributed by atoms with Gasteiger partial charge in [0.25, 0.3) is 5.91 Å². The summed E-state index contributed by atoms with van der Waals surface area (Å²) in [6.07, 6.45) is 5.61. The lowest BCUT2D eigenvalue weighted by molar-refractivity contribution is -0.127. The van der Waals surface area contributed by atoms with Gasteiger partial charge in [-0.25, -0.2) is 0 Å². The molecule has 2 aliphatic heterocycles. The SMILES string of the molecule is COc1cc2cc(C(=O)N3CCC4(CC3)CCN(c3ccc(-c5cn[nH]c5)c(OC)c3)C4=O)n(C)c2cc1OC. The highest BCUT2D eigenvalue weighted by atomic mass is 16.5. The zero-order valence-electron chi connectivity index (χ0n) is 23.2. The van der Waals surface area contributed by atoms with Crippen LogP contribution in [0.2, 0.25) is 0 Å². The molecule has 208 valence electrons. The Hall–Kier alpha value is -4.47. The number of H-pyrrole nitrogens is 1. The van der Waals surface area contributed by atoms with Crippen molar-refractivity contribution in [1.29, 1.82) is 0 Å². The number of methoxy groups -OCH3 is 3. The van der Waals surface area contributed by atoms with Gasteiger partial charge in [0.15, 0.2) is 11.5 Å². The van der Waals surface area contributed by atoms with E-state index in [0.717, 1.165) is 34.1 Å². The highest BCUT2D eigenvalue weighted by Gasteiger charge is 2.49. The molecule has 0 atom stereocenters. The summed E-state index contributed by atoms with van der Waals surface area (Å²) in [5.41, 5.74) is 3.71. The summed E-state index contributed by atoms with van der Waals surface area (Å²) < 4.78 is 18.4. The van der Waals surface area contributed by atoms with Crippen LogP contribution in [-0.4, -0.2) is 72.4 Å². The molecule has 4 heterocycles. The van der Waals surface area contributed by atoms with Crippen LogP contribution in [0.15, 0.2) is 48.8 Å². The minimum Gasteiger partial charge on any atom is -0.496 e. The zero-order chi connectivity index (χ0) is 28.0. The highest BCUT2D eigenvalue weighted by molar-refractivity contribution is 6.02. The first-order valence-electron chi connectivity index (χ1n) is 13.4. The first-order valence-corrected chi connectivity index (χ1v) is 13.4. The summed E-state index contributed by atoms with van der Waals surface area (Å²) in [7, 11) is 6.71. The molecule has 1 N–H and O–H groups in total. The van der Waals surface area contributed by atoms with Gasteiger partial charge in [-0.3, -0.25) is 14.7 Å². The van der Waals surface area contributed by atoms with Crippen molar-refractivity contribution in [3.63, 3.8) is 0 Å². The predicted molar refractivity (Wildman–Crippen MR) is 151 cm³/mol. The average molecular weight is 544 g/mol. The van der Waals surface area contributed by atoms with Crippen molar-refractivity contribution >= 4 is 28.4 Å². The van der Waals surface area contributed by atoms with Crippen LogP contribution in [0.25, 0.3) is 22.0 Å². The number of aromatic amines is 1. The molecular weight excluding hydrogens is 510 g/mol. The molecule has 10 heteroatoms. The van der Waals surface area contributed by atoms with Crippen molar-refractivity contribution in [1.82, 2.24) is 19.7 Å². The van der Waals surface area contributed by atoms with Gasteiger partial charge in [-0.2, -0.15) is 5.10 Å². The van der Waals surface area contributed by atoms with Gasteiger partial charge in [-0.15, -0.1) is 0 Å². The molecular formula is C30H33N5O5. The predicted octanol–water partition coefficient (Wildman–Crippen LogP) is 4.25. The summed E-state index contributed by atoms with van der Waals surface area (Å²) in [6, 6.07) is 11.5. The number of carbonyl (C=O) groups excluding carboxylic acids is 2. The van der Waals surface area contributed by atoms with Gasteiger partial charge < -0.3 is 28.6 Å². The van der Waals surface area contributed by atoms with E-state index in [4.69, 9.17) is 14.2 Å². The standard InChI is InChI=1S/C30H33N5O5/c1-33-23-16-27(40-4)26(39-3)14-19(23)13-24(33)28(36)34-10-7-30(8-11-34)9-12-35(29(30)37)21-5-6-22(25(15-21)38-2)20-17-31-32-18-20/h5-6,13-18H,7-12H2,1-4H3,(H,31,32). The third kappa shape index (κ3) is 4.06. The zero-order valence-corrected chi connectivity index (χ0v) is 23.2. The van der Waals surface area contributed by atoms with Crippen LogP contribution in [0.1, 0.15) is 29.8 Å². The molecule has 2 aliphatic rings. The molecule has 1 spiro atoms. The molecule has 0 saturated carbocycles. The van der Waals surface area contributed by atoms with E-state index in [1.165, 1.54) is 0 Å². The fraction of sp³-hybridized carbons (Fsp3) is 0.367. The Morgan fingerprint density at radius 1 is 0.925 bits per heavy atom. The quantitative estimate of drug-likeness (QED) is 0.390. The molecule has 10 nitrogen and oxygen atoms in total. The van der Waals surface area contributed by atoms with E-state index >= 15 is 0 Å². The molecule has 2 fully saturated rings. The number of fused-ring (bicyclic) bond motifs is 1. The van der Waals surface area contributed by atoms with Crippen molar-refractivity contribution < 1.29 is 23.8 Å². The number of likely N-dealkylation sites (tertiary alicyclic amines) is 1. The smallest absolute Gasteiger partial charge is 0.270 e. The second kappa shape index (κ2) is 9.93. The Balaban J connectivity index is 1.18. The minimum atomic E-state index is -0.451. The van der Waals surface area contributed by atoms with Gasteiger partial charge >= 0.3 is 0 Å². The van der Waals surface area contributed by atoms with Crippen LogP contribution < -0.4 is 19.1 Å². The van der Waals surface area contributed by atoms with E-state index in [1.54, 1.807) is 27.5 Å². The lowest BCUT2D eigenvalue weighted by atomic mass is 9.77. The molecule has 2 saturated heterocycles. The molecule has 0 bridgehead atoms. The van der Waals surface area contributed by atoms with Crippen LogP contribution >= 0.6 is 0 Å². The van der Waals surface area contributed by atoms with E-state index in [0.29, 0.717) is 55.4 Å². The van der Waals surface area contributed by atoms with E-state index in [2.05, 4.69) is 10.2 Å². The number of piperidine rings is 1. The van der Waals surface area contributed by atoms with Crippen molar-refractivity contribution in [3.8, 4) is 28.4 Å². The molecule has 0 radical (unpaired) electrons. The third-order valence-electron chi connectivity index (χ3n) is 8.59. The molecule has 0 aliphatic carbocycles. The maximum Gasteiger partial charge on any atom is 0.270 e. The Bertz CT molecular complexity index is 1580. The number of anilines is 1. The number of hydrogen-bond acceptors (Lipinski definition) is 6. The van der Waals surface area contributed by atoms with Crippen molar-refractivity contribution in [2.75, 3.05) is 45.9 Å². The summed E-state index contributed by atoms with van der Waals surface area (Å²) in [5, 5.41) is 7.76. The van der Waals surface area contributed by atoms with Crippen molar-refractivity contribution in [3.05, 3.63) is 54.5 Å². The summed E-state index contributed by atoms with van der Waals surface area (Å²) in [4.78, 5) is 31.1. The van der Waals surface area contributed by atoms with Gasteiger partial charge in [0, 0.05) is 67.2 Å². The lowest BCUT2D eigenvalue weighted by Crippen LogP contribution is -2.47. The number of nitrogens with one attached hydrogen (secondary N) is 1. The second-order valence-corrected chi connectivity index (χ2v) is 10.5. The Kier molecular flexibility index (Phi) is 6.40. The van der Waals surface area contributed by atoms with Crippen molar-refractivity contribution in [2.24, 2.45) is 12.5 Å². The van der Waals surface area contributed by atoms with E-state index < -0.39 is 5.41 Å². The minimum absolute atomic E-state index is 0.0339. The second-order valence-electron chi connectivity index (χ2n) is 10.5. The Labute approximate surface area is 232 Å². The monoisotopic (exact) mass is 543 g/mol. The van der Waals surface area contributed by atoms with Crippen LogP contribution in [-0.2, 0) is 11.8 Å². The summed E-state index contributed by atoms with van der Waals surface area (Å²) in [5.74, 6) is 2.03. The summed E-state index contributed by atoms with van der Waals surface area (Å²) in [6.45, 7) is 1.72. The topological polar surface area (TPSA) is 102 Å². The number of benzene rings is 2. The van der Waals surface area contributed by atoms with Gasteiger partial charge in [0.2, 0.25) is 5.91 Å². The molecule has 2 aromatic heterocycles. The number of amides is 2. The molecule has 6 rings (SSSR count). The van der Waals surface area contributed by atoms with Crippen LogP contribution in [0.5, 0.6) is 17.2 Å². The number of carbonyl (C=O) groups is 2. The number of ether oxygens (including phenoxy) is 3. The highest BCUT2D eigenvalue weighted by Crippen LogP contribution is 2.45. The van der Waals surface area contributed by atoms with E-state index in [1.807, 2.05) is 64.0 Å². The largest absolute Gasteiger partial charge is 0.496 e. The van der Waals surface area contributed by atoms with Gasteiger partial charge in [-0.05, 0) is 43.5 Å². The van der Waals surface area contributed by atoms with E-state index in [9.17, 15) is 9.59 Å². The fourth-order valence-electron chi connectivity index (χ4n) is 6.18. The van der Waals surface area contributed by atoms with Gasteiger partial charge in [0.05, 0.1) is 38.5 Å². The summed E-state index contributed by atoms with van der Waals surface area (Å²) >= 11 is 0. The molecule has 40 heavy (non-hydrogen) atoms. The van der Waals surface area contributed by atoms with Crippen molar-refractivity contribution in [2.45, 2.75) is 19.3 Å². The third-order valence-corrected chi connectivity index (χ3v) is 8.59. The number of rotatable bonds is 6. The molecule has 0 unspecified atom stereocenters. The Morgan fingerprint density at radius 2 is 1.62 bits per heavy atom. The van der Waals surface area contributed by atoms with Gasteiger partial charge in [-0.1, -0.05) is 0 Å². The normalized spacial score (nSPS) is 16.6. The molecule has 4 aromatic rings. The van der Waals surface area contributed by atoms with Gasteiger partial charge in [0.1, 0.15) is 11.4 Å².